The topological polar surface area (TPSA) is 63.2 Å². The van der Waals surface area contributed by atoms with Gasteiger partial charge in [-0.1, -0.05) is 5.57 Å². The van der Waals surface area contributed by atoms with Crippen molar-refractivity contribution in [3.8, 4) is 0 Å². The van der Waals surface area contributed by atoms with Crippen molar-refractivity contribution in [2.75, 3.05) is 5.75 Å². The van der Waals surface area contributed by atoms with E-state index in [1.54, 1.807) is 6.92 Å². The molecular weight excluding hydrogens is 154 g/mol. The van der Waals surface area contributed by atoms with E-state index in [-0.39, 0.29) is 5.75 Å². The minimum absolute atomic E-state index is 0.0707. The number of carbonyl (C=O) groups is 1. The fraction of sp³-hybridized carbons (Fsp3) is 0.400. The van der Waals surface area contributed by atoms with Gasteiger partial charge in [-0.15, -0.1) is 0 Å². The normalized spacial score (nSPS) is 23.3. The molecular formula is C5H7NO3S. The predicted molar refractivity (Wildman–Crippen MR) is 35.7 cm³/mol. The number of nitrogens with one attached hydrogen (secondary N) is 1. The Balaban J connectivity index is 3.02. The summed E-state index contributed by atoms with van der Waals surface area (Å²) in [7, 11) is -3.35. The Bertz CT molecular complexity index is 288. The number of hydrogen-bond acceptors (Lipinski definition) is 3. The Labute approximate surface area is 59.0 Å². The molecule has 1 rings (SSSR count). The summed E-state index contributed by atoms with van der Waals surface area (Å²) in [5.41, 5.74) is 0.573. The standard InChI is InChI=1S/C5H7NO3S/c1-4-2-5(7)6-10(8,9)3-4/h2H,3H2,1H3,(H,6,7). The molecule has 56 valence electrons. The zero-order valence-corrected chi connectivity index (χ0v) is 6.23. The molecule has 5 heteroatoms. The summed E-state index contributed by atoms with van der Waals surface area (Å²) in [6.45, 7) is 1.61. The van der Waals surface area contributed by atoms with E-state index < -0.39 is 15.9 Å². The zero-order chi connectivity index (χ0) is 7.78. The molecule has 0 unspecified atom stereocenters. The predicted octanol–water partition coefficient (Wildman–Crippen LogP) is -0.608. The number of amides is 1. The van der Waals surface area contributed by atoms with Crippen LogP contribution in [0, 0.1) is 0 Å². The van der Waals surface area contributed by atoms with Crippen LogP contribution < -0.4 is 4.72 Å². The van der Waals surface area contributed by atoms with Crippen molar-refractivity contribution < 1.29 is 13.2 Å². The first kappa shape index (κ1) is 7.27. The second kappa shape index (κ2) is 2.09. The Hall–Kier alpha value is -0.840. The van der Waals surface area contributed by atoms with E-state index in [2.05, 4.69) is 0 Å². The maximum Gasteiger partial charge on any atom is 0.257 e. The summed E-state index contributed by atoms with van der Waals surface area (Å²) in [5, 5.41) is 0. The second-order valence-electron chi connectivity index (χ2n) is 2.22. The molecule has 0 saturated heterocycles. The monoisotopic (exact) mass is 161 g/mol. The highest BCUT2D eigenvalue weighted by Gasteiger charge is 2.18. The van der Waals surface area contributed by atoms with Crippen molar-refractivity contribution in [3.05, 3.63) is 11.6 Å². The number of hydrogen-bond donors (Lipinski definition) is 1. The number of carbonyl (C=O) groups excluding carboxylic acids is 1. The molecule has 0 spiro atoms. The molecule has 1 aliphatic heterocycles. The minimum Gasteiger partial charge on any atom is -0.269 e. The second-order valence-corrected chi connectivity index (χ2v) is 3.94. The lowest BCUT2D eigenvalue weighted by Gasteiger charge is -2.09. The molecule has 1 amide bonds. The van der Waals surface area contributed by atoms with E-state index >= 15 is 0 Å². The Morgan fingerprint density at radius 2 is 2.20 bits per heavy atom. The third-order valence-corrected chi connectivity index (χ3v) is 2.40. The molecule has 1 aliphatic rings. The molecule has 0 aromatic rings. The summed E-state index contributed by atoms with van der Waals surface area (Å²) in [4.78, 5) is 10.5. The largest absolute Gasteiger partial charge is 0.269 e. The molecule has 0 fully saturated rings. The summed E-state index contributed by atoms with van der Waals surface area (Å²) in [6.07, 6.45) is 1.28. The lowest BCUT2D eigenvalue weighted by Crippen LogP contribution is -2.35. The first-order valence-corrected chi connectivity index (χ1v) is 4.36. The maximum absolute atomic E-state index is 10.7. The molecule has 1 heterocycles. The lowest BCUT2D eigenvalue weighted by atomic mass is 10.3. The van der Waals surface area contributed by atoms with Gasteiger partial charge in [0.1, 0.15) is 0 Å². The third-order valence-electron chi connectivity index (χ3n) is 1.05. The Morgan fingerprint density at radius 3 is 2.60 bits per heavy atom. The molecule has 4 nitrogen and oxygen atoms in total. The van der Waals surface area contributed by atoms with Crippen LogP contribution in [-0.2, 0) is 14.8 Å². The van der Waals surface area contributed by atoms with E-state index in [0.29, 0.717) is 5.57 Å². The lowest BCUT2D eigenvalue weighted by molar-refractivity contribution is -0.115. The first-order valence-electron chi connectivity index (χ1n) is 2.71. The van der Waals surface area contributed by atoms with Crippen LogP contribution in [0.2, 0.25) is 0 Å². The SMILES string of the molecule is CC1=CC(=O)NS(=O)(=O)C1. The maximum atomic E-state index is 10.7. The van der Waals surface area contributed by atoms with Crippen molar-refractivity contribution in [1.82, 2.24) is 4.72 Å². The zero-order valence-electron chi connectivity index (χ0n) is 5.42. The van der Waals surface area contributed by atoms with Gasteiger partial charge in [-0.05, 0) is 6.92 Å². The fourth-order valence-corrected chi connectivity index (χ4v) is 1.90. The van der Waals surface area contributed by atoms with Crippen molar-refractivity contribution in [2.24, 2.45) is 0 Å². The number of sulfonamides is 1. The van der Waals surface area contributed by atoms with Crippen LogP contribution in [0.1, 0.15) is 6.92 Å². The quantitative estimate of drug-likeness (QED) is 0.515. The van der Waals surface area contributed by atoms with E-state index in [9.17, 15) is 13.2 Å². The van der Waals surface area contributed by atoms with Gasteiger partial charge in [0, 0.05) is 6.08 Å². The average molecular weight is 161 g/mol. The van der Waals surface area contributed by atoms with Crippen LogP contribution in [0.3, 0.4) is 0 Å². The molecule has 0 bridgehead atoms. The third kappa shape index (κ3) is 1.57. The van der Waals surface area contributed by atoms with Gasteiger partial charge in [0.25, 0.3) is 5.91 Å². The average Bonchev–Trinajstić information content (AvgIpc) is 1.54. The summed E-state index contributed by atoms with van der Waals surface area (Å²) < 4.78 is 23.2. The molecule has 0 atom stereocenters. The Morgan fingerprint density at radius 1 is 1.60 bits per heavy atom. The summed E-state index contributed by atoms with van der Waals surface area (Å²) in [5.74, 6) is -0.623. The minimum atomic E-state index is -3.35. The van der Waals surface area contributed by atoms with Gasteiger partial charge < -0.3 is 0 Å². The molecule has 0 radical (unpaired) electrons. The van der Waals surface area contributed by atoms with Crippen molar-refractivity contribution in [1.29, 1.82) is 0 Å². The van der Waals surface area contributed by atoms with Crippen LogP contribution >= 0.6 is 0 Å². The molecule has 0 aromatic carbocycles. The van der Waals surface area contributed by atoms with Crippen LogP contribution in [-0.4, -0.2) is 20.1 Å². The molecule has 1 N–H and O–H groups in total. The summed E-state index contributed by atoms with van der Waals surface area (Å²) >= 11 is 0. The van der Waals surface area contributed by atoms with E-state index in [1.165, 1.54) is 6.08 Å². The van der Waals surface area contributed by atoms with Gasteiger partial charge in [-0.2, -0.15) is 0 Å². The van der Waals surface area contributed by atoms with Gasteiger partial charge in [-0.3, -0.25) is 4.79 Å². The van der Waals surface area contributed by atoms with Gasteiger partial charge >= 0.3 is 0 Å². The van der Waals surface area contributed by atoms with Crippen molar-refractivity contribution in [2.45, 2.75) is 6.92 Å². The van der Waals surface area contributed by atoms with Crippen molar-refractivity contribution >= 4 is 15.9 Å². The Kier molecular flexibility index (Phi) is 1.52. The van der Waals surface area contributed by atoms with E-state index in [0.717, 1.165) is 0 Å². The van der Waals surface area contributed by atoms with Gasteiger partial charge in [0.15, 0.2) is 0 Å². The van der Waals surface area contributed by atoms with Crippen LogP contribution in [0.25, 0.3) is 0 Å². The van der Waals surface area contributed by atoms with Gasteiger partial charge in [0.05, 0.1) is 5.75 Å². The molecule has 0 saturated carbocycles. The van der Waals surface area contributed by atoms with Crippen LogP contribution in [0.4, 0.5) is 0 Å². The van der Waals surface area contributed by atoms with Crippen LogP contribution in [0.15, 0.2) is 11.6 Å². The highest BCUT2D eigenvalue weighted by molar-refractivity contribution is 7.90. The first-order chi connectivity index (χ1) is 4.49. The molecule has 0 aliphatic carbocycles. The smallest absolute Gasteiger partial charge is 0.257 e. The van der Waals surface area contributed by atoms with E-state index in [4.69, 9.17) is 0 Å². The molecule has 10 heavy (non-hydrogen) atoms. The van der Waals surface area contributed by atoms with Crippen LogP contribution in [0.5, 0.6) is 0 Å². The van der Waals surface area contributed by atoms with Gasteiger partial charge in [-0.25, -0.2) is 13.1 Å². The van der Waals surface area contributed by atoms with Crippen molar-refractivity contribution in [3.63, 3.8) is 0 Å². The fourth-order valence-electron chi connectivity index (χ4n) is 0.784. The van der Waals surface area contributed by atoms with Gasteiger partial charge in [0.2, 0.25) is 10.0 Å². The summed E-state index contributed by atoms with van der Waals surface area (Å²) in [6, 6.07) is 0. The number of rotatable bonds is 0. The highest BCUT2D eigenvalue weighted by Crippen LogP contribution is 2.02. The highest BCUT2D eigenvalue weighted by atomic mass is 32.2. The van der Waals surface area contributed by atoms with E-state index in [1.807, 2.05) is 4.72 Å². The molecule has 0 aromatic heterocycles.